The summed E-state index contributed by atoms with van der Waals surface area (Å²) in [5.74, 6) is -0.637. The van der Waals surface area contributed by atoms with Crippen LogP contribution in [0.15, 0.2) is 24.3 Å². The summed E-state index contributed by atoms with van der Waals surface area (Å²) in [7, 11) is 0. The van der Waals surface area contributed by atoms with Crippen LogP contribution in [0.2, 0.25) is 0 Å². The van der Waals surface area contributed by atoms with Gasteiger partial charge >= 0.3 is 0 Å². The first kappa shape index (κ1) is 14.4. The molecular formula is C15H17F3N2O. The minimum absolute atomic E-state index is 0.257. The number of halogens is 3. The number of carbonyl (C=O) groups is 1. The van der Waals surface area contributed by atoms with E-state index in [9.17, 15) is 18.0 Å². The van der Waals surface area contributed by atoms with E-state index < -0.39 is 18.3 Å². The van der Waals surface area contributed by atoms with Gasteiger partial charge in [0.15, 0.2) is 0 Å². The molecule has 0 aliphatic carbocycles. The lowest BCUT2D eigenvalue weighted by atomic mass is 9.86. The normalized spacial score (nSPS) is 29.5. The van der Waals surface area contributed by atoms with Crippen LogP contribution in [0, 0.1) is 11.2 Å². The second kappa shape index (κ2) is 5.02. The molecule has 2 fully saturated rings. The quantitative estimate of drug-likeness (QED) is 0.856. The predicted octanol–water partition coefficient (Wildman–Crippen LogP) is 2.99. The molecule has 1 amide bonds. The number of benzene rings is 1. The van der Waals surface area contributed by atoms with Gasteiger partial charge in [-0.25, -0.2) is 18.2 Å². The molecule has 3 rings (SSSR count). The Kier molecular flexibility index (Phi) is 3.43. The molecule has 2 saturated heterocycles. The zero-order valence-electron chi connectivity index (χ0n) is 11.7. The molecule has 0 aromatic heterocycles. The van der Waals surface area contributed by atoms with Crippen molar-refractivity contribution in [1.82, 2.24) is 10.0 Å². The van der Waals surface area contributed by atoms with Crippen molar-refractivity contribution >= 4 is 5.91 Å². The van der Waals surface area contributed by atoms with Crippen LogP contribution in [-0.2, 0) is 4.79 Å². The number of hydrazine groups is 1. The zero-order valence-corrected chi connectivity index (χ0v) is 11.7. The molecule has 2 heterocycles. The minimum Gasteiger partial charge on any atom is -0.273 e. The summed E-state index contributed by atoms with van der Waals surface area (Å²) in [6.07, 6.45) is -2.25. The summed E-state index contributed by atoms with van der Waals surface area (Å²) in [6.45, 7) is 2.52. The first-order valence-electron chi connectivity index (χ1n) is 7.03. The van der Waals surface area contributed by atoms with Crippen LogP contribution in [0.4, 0.5) is 13.2 Å². The molecule has 2 aliphatic heterocycles. The summed E-state index contributed by atoms with van der Waals surface area (Å²) in [5.41, 5.74) is -0.340. The van der Waals surface area contributed by atoms with Crippen molar-refractivity contribution in [2.45, 2.75) is 32.2 Å². The van der Waals surface area contributed by atoms with Crippen molar-refractivity contribution in [3.63, 3.8) is 0 Å². The van der Waals surface area contributed by atoms with Crippen molar-refractivity contribution in [3.8, 4) is 0 Å². The van der Waals surface area contributed by atoms with Gasteiger partial charge in [0.25, 0.3) is 0 Å². The molecule has 0 unspecified atom stereocenters. The Bertz CT molecular complexity index is 566. The second-order valence-electron chi connectivity index (χ2n) is 6.05. The fourth-order valence-electron chi connectivity index (χ4n) is 3.38. The molecule has 6 heteroatoms. The number of amides is 1. The fourth-order valence-corrected chi connectivity index (χ4v) is 3.38. The molecular weight excluding hydrogens is 281 g/mol. The maximum Gasteiger partial charge on any atom is 0.244 e. The van der Waals surface area contributed by atoms with Gasteiger partial charge in [0, 0.05) is 19.5 Å². The highest BCUT2D eigenvalue weighted by Gasteiger charge is 2.53. The van der Waals surface area contributed by atoms with Gasteiger partial charge in [0.1, 0.15) is 5.82 Å². The third-order valence-corrected chi connectivity index (χ3v) is 4.35. The summed E-state index contributed by atoms with van der Waals surface area (Å²) < 4.78 is 38.8. The van der Waals surface area contributed by atoms with Gasteiger partial charge in [-0.3, -0.25) is 9.80 Å². The van der Waals surface area contributed by atoms with Crippen LogP contribution in [-0.4, -0.2) is 35.4 Å². The number of alkyl halides is 2. The number of hydrogen-bond donors (Lipinski definition) is 0. The highest BCUT2D eigenvalue weighted by molar-refractivity contribution is 5.85. The van der Waals surface area contributed by atoms with E-state index in [-0.39, 0.29) is 17.8 Å². The predicted molar refractivity (Wildman–Crippen MR) is 70.9 cm³/mol. The second-order valence-corrected chi connectivity index (χ2v) is 6.05. The highest BCUT2D eigenvalue weighted by atomic mass is 19.3. The highest BCUT2D eigenvalue weighted by Crippen LogP contribution is 2.44. The van der Waals surface area contributed by atoms with Crippen molar-refractivity contribution in [1.29, 1.82) is 0 Å². The van der Waals surface area contributed by atoms with E-state index in [1.165, 1.54) is 12.1 Å². The zero-order chi connectivity index (χ0) is 15.2. The van der Waals surface area contributed by atoms with E-state index in [4.69, 9.17) is 0 Å². The SMILES string of the molecule is C[C@@]1(CC(F)F)CN2CC[C@H](c3cccc(F)c3)N2C1=O. The van der Waals surface area contributed by atoms with E-state index >= 15 is 0 Å². The first-order valence-corrected chi connectivity index (χ1v) is 7.03. The van der Waals surface area contributed by atoms with Crippen molar-refractivity contribution in [3.05, 3.63) is 35.6 Å². The van der Waals surface area contributed by atoms with Crippen LogP contribution in [0.3, 0.4) is 0 Å². The van der Waals surface area contributed by atoms with E-state index in [1.807, 2.05) is 5.01 Å². The molecule has 0 N–H and O–H groups in total. The Labute approximate surface area is 121 Å². The van der Waals surface area contributed by atoms with Crippen LogP contribution >= 0.6 is 0 Å². The Morgan fingerprint density at radius 1 is 1.43 bits per heavy atom. The summed E-state index contributed by atoms with van der Waals surface area (Å²) in [4.78, 5) is 12.6. The van der Waals surface area contributed by atoms with Crippen LogP contribution in [0.25, 0.3) is 0 Å². The Morgan fingerprint density at radius 2 is 2.19 bits per heavy atom. The maximum atomic E-state index is 13.4. The van der Waals surface area contributed by atoms with Gasteiger partial charge < -0.3 is 0 Å². The van der Waals surface area contributed by atoms with Crippen molar-refractivity contribution in [2.24, 2.45) is 5.41 Å². The van der Waals surface area contributed by atoms with E-state index in [0.29, 0.717) is 25.1 Å². The molecule has 1 aromatic rings. The molecule has 0 radical (unpaired) electrons. The topological polar surface area (TPSA) is 23.6 Å². The number of rotatable bonds is 3. The van der Waals surface area contributed by atoms with E-state index in [1.54, 1.807) is 24.1 Å². The van der Waals surface area contributed by atoms with Crippen LogP contribution < -0.4 is 0 Å². The maximum absolute atomic E-state index is 13.4. The number of carbonyl (C=O) groups excluding carboxylic acids is 1. The summed E-state index contributed by atoms with van der Waals surface area (Å²) in [5, 5.41) is 3.37. The van der Waals surface area contributed by atoms with Crippen LogP contribution in [0.1, 0.15) is 31.4 Å². The number of nitrogens with zero attached hydrogens (tertiary/aromatic N) is 2. The average molecular weight is 298 g/mol. The summed E-state index contributed by atoms with van der Waals surface area (Å²) in [6, 6.07) is 5.87. The molecule has 2 aliphatic rings. The Morgan fingerprint density at radius 3 is 2.86 bits per heavy atom. The third-order valence-electron chi connectivity index (χ3n) is 4.35. The van der Waals surface area contributed by atoms with Crippen molar-refractivity contribution in [2.75, 3.05) is 13.1 Å². The lowest BCUT2D eigenvalue weighted by Crippen LogP contribution is -2.36. The van der Waals surface area contributed by atoms with E-state index in [2.05, 4.69) is 0 Å². The summed E-state index contributed by atoms with van der Waals surface area (Å²) >= 11 is 0. The Balaban J connectivity index is 1.87. The largest absolute Gasteiger partial charge is 0.273 e. The molecule has 0 bridgehead atoms. The fraction of sp³-hybridized carbons (Fsp3) is 0.533. The lowest BCUT2D eigenvalue weighted by molar-refractivity contribution is -0.143. The average Bonchev–Trinajstić information content (AvgIpc) is 2.89. The minimum atomic E-state index is -2.51. The standard InChI is InChI=1S/C15H17F3N2O/c1-15(8-13(17)18)9-19-6-5-12(20(19)14(15)21)10-3-2-4-11(16)7-10/h2-4,7,12-13H,5-6,8-9H2,1H3/t12-,15-/m1/s1. The first-order chi connectivity index (χ1) is 9.90. The molecule has 2 atom stereocenters. The third kappa shape index (κ3) is 2.41. The van der Waals surface area contributed by atoms with Gasteiger partial charge in [0.2, 0.25) is 12.3 Å². The molecule has 1 aromatic carbocycles. The lowest BCUT2D eigenvalue weighted by Gasteiger charge is -2.26. The number of fused-ring (bicyclic) bond motifs is 1. The van der Waals surface area contributed by atoms with Gasteiger partial charge in [-0.15, -0.1) is 0 Å². The van der Waals surface area contributed by atoms with Gasteiger partial charge in [-0.1, -0.05) is 12.1 Å². The van der Waals surface area contributed by atoms with Crippen LogP contribution in [0.5, 0.6) is 0 Å². The molecule has 0 saturated carbocycles. The van der Waals surface area contributed by atoms with Gasteiger partial charge in [-0.2, -0.15) is 0 Å². The Hall–Kier alpha value is -1.56. The van der Waals surface area contributed by atoms with Gasteiger partial charge in [0.05, 0.1) is 11.5 Å². The smallest absolute Gasteiger partial charge is 0.244 e. The van der Waals surface area contributed by atoms with Crippen molar-refractivity contribution < 1.29 is 18.0 Å². The molecule has 114 valence electrons. The van der Waals surface area contributed by atoms with Gasteiger partial charge in [-0.05, 0) is 31.0 Å². The monoisotopic (exact) mass is 298 g/mol. The number of hydrogen-bond acceptors (Lipinski definition) is 2. The van der Waals surface area contributed by atoms with E-state index in [0.717, 1.165) is 0 Å². The molecule has 3 nitrogen and oxygen atoms in total. The molecule has 0 spiro atoms. The molecule has 21 heavy (non-hydrogen) atoms.